The Hall–Kier alpha value is -2.23. The first kappa shape index (κ1) is 17.1. The lowest BCUT2D eigenvalue weighted by molar-refractivity contribution is -0.146. The molecule has 2 heterocycles. The highest BCUT2D eigenvalue weighted by atomic mass is 19.4. The summed E-state index contributed by atoms with van der Waals surface area (Å²) >= 11 is 0. The Kier molecular flexibility index (Phi) is 5.14. The number of hydrogen-bond acceptors (Lipinski definition) is 7. The van der Waals surface area contributed by atoms with Crippen LogP contribution in [0.5, 0.6) is 0 Å². The average Bonchev–Trinajstić information content (AvgIpc) is 2.93. The van der Waals surface area contributed by atoms with Crippen LogP contribution in [0.1, 0.15) is 30.2 Å². The largest absolute Gasteiger partial charge is 0.455 e. The van der Waals surface area contributed by atoms with Crippen LogP contribution >= 0.6 is 0 Å². The molecule has 0 bridgehead atoms. The second-order valence-electron chi connectivity index (χ2n) is 4.79. The van der Waals surface area contributed by atoms with E-state index in [1.807, 2.05) is 6.92 Å². The highest BCUT2D eigenvalue weighted by Crippen LogP contribution is 2.26. The van der Waals surface area contributed by atoms with Crippen molar-refractivity contribution in [3.05, 3.63) is 29.3 Å². The SMILES string of the molecule is CCOCc1nc(C)cc(N(C)Cc2nc(C(F)(F)F)no2)n1. The molecule has 0 saturated carbocycles. The quantitative estimate of drug-likeness (QED) is 0.804. The summed E-state index contributed by atoms with van der Waals surface area (Å²) in [6.45, 7) is 4.44. The van der Waals surface area contributed by atoms with Crippen molar-refractivity contribution in [2.45, 2.75) is 33.2 Å². The summed E-state index contributed by atoms with van der Waals surface area (Å²) in [6.07, 6.45) is -4.63. The normalized spacial score (nSPS) is 11.7. The van der Waals surface area contributed by atoms with E-state index in [4.69, 9.17) is 4.74 Å². The highest BCUT2D eigenvalue weighted by Gasteiger charge is 2.37. The van der Waals surface area contributed by atoms with Crippen molar-refractivity contribution in [2.75, 3.05) is 18.6 Å². The van der Waals surface area contributed by atoms with E-state index in [0.717, 1.165) is 5.69 Å². The third kappa shape index (κ3) is 4.62. The maximum Gasteiger partial charge on any atom is 0.455 e. The molecule has 0 spiro atoms. The molecule has 0 N–H and O–H groups in total. The molecule has 0 unspecified atom stereocenters. The van der Waals surface area contributed by atoms with Crippen LogP contribution in [-0.4, -0.2) is 33.8 Å². The van der Waals surface area contributed by atoms with E-state index in [1.165, 1.54) is 0 Å². The average molecular weight is 331 g/mol. The molecule has 0 aromatic carbocycles. The van der Waals surface area contributed by atoms with Crippen molar-refractivity contribution in [3.63, 3.8) is 0 Å². The number of nitrogens with zero attached hydrogens (tertiary/aromatic N) is 5. The molecule has 10 heteroatoms. The van der Waals surface area contributed by atoms with Gasteiger partial charge in [-0.2, -0.15) is 18.2 Å². The number of aromatic nitrogens is 4. The molecular weight excluding hydrogens is 315 g/mol. The third-order valence-corrected chi connectivity index (χ3v) is 2.81. The van der Waals surface area contributed by atoms with Gasteiger partial charge in [-0.25, -0.2) is 9.97 Å². The second-order valence-corrected chi connectivity index (χ2v) is 4.79. The molecule has 23 heavy (non-hydrogen) atoms. The fourth-order valence-electron chi connectivity index (χ4n) is 1.78. The van der Waals surface area contributed by atoms with Gasteiger partial charge >= 0.3 is 6.18 Å². The van der Waals surface area contributed by atoms with Crippen molar-refractivity contribution in [2.24, 2.45) is 0 Å². The zero-order chi connectivity index (χ0) is 17.0. The zero-order valence-corrected chi connectivity index (χ0v) is 12.9. The summed E-state index contributed by atoms with van der Waals surface area (Å²) in [7, 11) is 1.66. The summed E-state index contributed by atoms with van der Waals surface area (Å²) in [5, 5.41) is 2.92. The Bertz CT molecular complexity index is 659. The van der Waals surface area contributed by atoms with Crippen molar-refractivity contribution < 1.29 is 22.4 Å². The van der Waals surface area contributed by atoms with E-state index in [0.29, 0.717) is 18.2 Å². The fraction of sp³-hybridized carbons (Fsp3) is 0.538. The molecule has 126 valence electrons. The standard InChI is InChI=1S/C13H16F3N5O2/c1-4-22-7-9-17-8(2)5-10(18-9)21(3)6-11-19-12(20-23-11)13(14,15)16/h5H,4,6-7H2,1-3H3. The lowest BCUT2D eigenvalue weighted by Crippen LogP contribution is -2.19. The first-order valence-electron chi connectivity index (χ1n) is 6.82. The molecule has 0 fully saturated rings. The number of anilines is 1. The number of halogens is 3. The molecule has 2 aromatic heterocycles. The van der Waals surface area contributed by atoms with Crippen LogP contribution < -0.4 is 4.90 Å². The molecule has 0 radical (unpaired) electrons. The predicted octanol–water partition coefficient (Wildman–Crippen LogP) is 2.36. The molecule has 0 aliphatic heterocycles. The van der Waals surface area contributed by atoms with Gasteiger partial charge in [0, 0.05) is 25.4 Å². The van der Waals surface area contributed by atoms with E-state index in [2.05, 4.69) is 24.6 Å². The summed E-state index contributed by atoms with van der Waals surface area (Å²) in [5.41, 5.74) is 0.720. The van der Waals surface area contributed by atoms with Crippen LogP contribution in [0.3, 0.4) is 0 Å². The van der Waals surface area contributed by atoms with Gasteiger partial charge in [-0.05, 0) is 13.8 Å². The Labute approximate surface area is 130 Å². The van der Waals surface area contributed by atoms with Gasteiger partial charge in [0.15, 0.2) is 5.82 Å². The topological polar surface area (TPSA) is 77.2 Å². The Balaban J connectivity index is 2.12. The van der Waals surface area contributed by atoms with Crippen molar-refractivity contribution in [1.82, 2.24) is 20.1 Å². The first-order chi connectivity index (χ1) is 10.8. The van der Waals surface area contributed by atoms with Gasteiger partial charge in [0.05, 0.1) is 6.54 Å². The Morgan fingerprint density at radius 3 is 2.61 bits per heavy atom. The van der Waals surface area contributed by atoms with Crippen LogP contribution in [0, 0.1) is 6.92 Å². The number of hydrogen-bond donors (Lipinski definition) is 0. The summed E-state index contributed by atoms with van der Waals surface area (Å²) < 4.78 is 47.2. The molecule has 0 aliphatic rings. The Morgan fingerprint density at radius 2 is 2.00 bits per heavy atom. The minimum Gasteiger partial charge on any atom is -0.374 e. The van der Waals surface area contributed by atoms with Gasteiger partial charge in [0.1, 0.15) is 12.4 Å². The van der Waals surface area contributed by atoms with E-state index in [1.54, 1.807) is 24.9 Å². The maximum absolute atomic E-state index is 12.5. The smallest absolute Gasteiger partial charge is 0.374 e. The third-order valence-electron chi connectivity index (χ3n) is 2.81. The highest BCUT2D eigenvalue weighted by molar-refractivity contribution is 5.38. The van der Waals surface area contributed by atoms with E-state index < -0.39 is 12.0 Å². The summed E-state index contributed by atoms with van der Waals surface area (Å²) in [5.74, 6) is -0.423. The van der Waals surface area contributed by atoms with Crippen LogP contribution in [0.4, 0.5) is 19.0 Å². The summed E-state index contributed by atoms with van der Waals surface area (Å²) in [4.78, 5) is 13.5. The van der Waals surface area contributed by atoms with Crippen molar-refractivity contribution >= 4 is 5.82 Å². The molecule has 0 saturated heterocycles. The van der Waals surface area contributed by atoms with Crippen LogP contribution in [-0.2, 0) is 24.1 Å². The zero-order valence-electron chi connectivity index (χ0n) is 12.9. The van der Waals surface area contributed by atoms with Crippen LogP contribution in [0.25, 0.3) is 0 Å². The molecule has 2 aromatic rings. The van der Waals surface area contributed by atoms with Crippen LogP contribution in [0.2, 0.25) is 0 Å². The molecule has 7 nitrogen and oxygen atoms in total. The van der Waals surface area contributed by atoms with Gasteiger partial charge in [-0.1, -0.05) is 5.16 Å². The predicted molar refractivity (Wildman–Crippen MR) is 73.5 cm³/mol. The minimum absolute atomic E-state index is 0.00634. The fourth-order valence-corrected chi connectivity index (χ4v) is 1.78. The van der Waals surface area contributed by atoms with E-state index in [9.17, 15) is 13.2 Å². The van der Waals surface area contributed by atoms with Gasteiger partial charge < -0.3 is 14.2 Å². The van der Waals surface area contributed by atoms with Gasteiger partial charge in [0.2, 0.25) is 5.89 Å². The maximum atomic E-state index is 12.5. The van der Waals surface area contributed by atoms with E-state index in [-0.39, 0.29) is 19.0 Å². The Morgan fingerprint density at radius 1 is 1.26 bits per heavy atom. The van der Waals surface area contributed by atoms with Gasteiger partial charge in [-0.15, -0.1) is 0 Å². The molecule has 0 atom stereocenters. The van der Waals surface area contributed by atoms with Crippen molar-refractivity contribution in [1.29, 1.82) is 0 Å². The monoisotopic (exact) mass is 331 g/mol. The number of ether oxygens (including phenoxy) is 1. The first-order valence-corrected chi connectivity index (χ1v) is 6.82. The number of aryl methyl sites for hydroxylation is 1. The van der Waals surface area contributed by atoms with Crippen LogP contribution in [0.15, 0.2) is 10.6 Å². The molecular formula is C13H16F3N5O2. The minimum atomic E-state index is -4.63. The summed E-state index contributed by atoms with van der Waals surface area (Å²) in [6, 6.07) is 1.70. The van der Waals surface area contributed by atoms with Crippen molar-refractivity contribution in [3.8, 4) is 0 Å². The number of alkyl halides is 3. The molecule has 0 amide bonds. The lowest BCUT2D eigenvalue weighted by atomic mass is 10.4. The second kappa shape index (κ2) is 6.90. The van der Waals surface area contributed by atoms with Gasteiger partial charge in [-0.3, -0.25) is 0 Å². The lowest BCUT2D eigenvalue weighted by Gasteiger charge is -2.17. The molecule has 0 aliphatic carbocycles. The number of rotatable bonds is 6. The molecule has 2 rings (SSSR count). The van der Waals surface area contributed by atoms with Gasteiger partial charge in [0.25, 0.3) is 5.82 Å². The van der Waals surface area contributed by atoms with E-state index >= 15 is 0 Å².